The Kier molecular flexibility index (Phi) is 6.79. The van der Waals surface area contributed by atoms with Crippen molar-refractivity contribution in [1.82, 2.24) is 15.1 Å². The van der Waals surface area contributed by atoms with Crippen LogP contribution >= 0.6 is 0 Å². The number of amides is 1. The molecular formula is C20H37N5O. The van der Waals surface area contributed by atoms with E-state index in [2.05, 4.69) is 20.1 Å². The number of hydrogen-bond donors (Lipinski definition) is 2. The monoisotopic (exact) mass is 363 g/mol. The van der Waals surface area contributed by atoms with Crippen molar-refractivity contribution in [2.75, 3.05) is 46.3 Å². The minimum Gasteiger partial charge on any atom is -0.369 e. The molecule has 3 N–H and O–H groups in total. The first-order chi connectivity index (χ1) is 12.6. The molecule has 0 aromatic carbocycles. The van der Waals surface area contributed by atoms with Crippen LogP contribution in [-0.2, 0) is 4.79 Å². The molecule has 6 heteroatoms. The van der Waals surface area contributed by atoms with Crippen LogP contribution in [-0.4, -0.2) is 68.0 Å². The molecule has 2 aliphatic heterocycles. The molecule has 1 saturated carbocycles. The second-order valence-corrected chi connectivity index (χ2v) is 8.60. The number of rotatable bonds is 5. The van der Waals surface area contributed by atoms with Gasteiger partial charge in [-0.05, 0) is 57.0 Å². The van der Waals surface area contributed by atoms with Gasteiger partial charge in [0, 0.05) is 33.2 Å². The first-order valence-electron chi connectivity index (χ1n) is 10.6. The Bertz CT molecular complexity index is 500. The van der Waals surface area contributed by atoms with Crippen LogP contribution in [0.25, 0.3) is 0 Å². The van der Waals surface area contributed by atoms with Crippen molar-refractivity contribution in [1.29, 1.82) is 0 Å². The van der Waals surface area contributed by atoms with E-state index >= 15 is 0 Å². The SMILES string of the molecule is CN=C(NCCCN1CCCC(C(N)=O)C1)N1CCC2(CCCCC2)C1. The fourth-order valence-electron chi connectivity index (χ4n) is 5.15. The molecule has 26 heavy (non-hydrogen) atoms. The maximum Gasteiger partial charge on any atom is 0.221 e. The lowest BCUT2D eigenvalue weighted by Gasteiger charge is -2.34. The Morgan fingerprint density at radius 3 is 2.73 bits per heavy atom. The maximum absolute atomic E-state index is 11.4. The molecule has 148 valence electrons. The lowest BCUT2D eigenvalue weighted by molar-refractivity contribution is -0.123. The van der Waals surface area contributed by atoms with Crippen LogP contribution < -0.4 is 11.1 Å². The number of piperidine rings is 1. The van der Waals surface area contributed by atoms with E-state index in [0.29, 0.717) is 5.41 Å². The molecule has 2 saturated heterocycles. The molecular weight excluding hydrogens is 326 g/mol. The fourth-order valence-corrected chi connectivity index (χ4v) is 5.15. The van der Waals surface area contributed by atoms with Crippen molar-refractivity contribution in [2.24, 2.45) is 22.1 Å². The second kappa shape index (κ2) is 9.07. The first-order valence-corrected chi connectivity index (χ1v) is 10.6. The second-order valence-electron chi connectivity index (χ2n) is 8.60. The zero-order valence-electron chi connectivity index (χ0n) is 16.5. The number of likely N-dealkylation sites (tertiary alicyclic amines) is 2. The predicted octanol–water partition coefficient (Wildman–Crippen LogP) is 1.81. The molecule has 0 aromatic rings. The number of nitrogens with zero attached hydrogens (tertiary/aromatic N) is 3. The van der Waals surface area contributed by atoms with Gasteiger partial charge in [0.1, 0.15) is 0 Å². The number of guanidine groups is 1. The minimum absolute atomic E-state index is 0.0424. The van der Waals surface area contributed by atoms with Crippen molar-refractivity contribution >= 4 is 11.9 Å². The molecule has 3 rings (SSSR count). The fraction of sp³-hybridized carbons (Fsp3) is 0.900. The van der Waals surface area contributed by atoms with Crippen molar-refractivity contribution in [3.05, 3.63) is 0 Å². The number of nitrogens with one attached hydrogen (secondary N) is 1. The molecule has 3 fully saturated rings. The number of primary amides is 1. The third-order valence-corrected chi connectivity index (χ3v) is 6.71. The average Bonchev–Trinajstić information content (AvgIpc) is 3.05. The highest BCUT2D eigenvalue weighted by Crippen LogP contribution is 2.43. The van der Waals surface area contributed by atoms with Gasteiger partial charge in [0.15, 0.2) is 5.96 Å². The molecule has 0 aromatic heterocycles. The van der Waals surface area contributed by atoms with E-state index in [1.165, 1.54) is 45.1 Å². The molecule has 1 unspecified atom stereocenters. The quantitative estimate of drug-likeness (QED) is 0.444. The summed E-state index contributed by atoms with van der Waals surface area (Å²) < 4.78 is 0. The van der Waals surface area contributed by atoms with Gasteiger partial charge in [-0.3, -0.25) is 9.79 Å². The lowest BCUT2D eigenvalue weighted by Crippen LogP contribution is -2.44. The van der Waals surface area contributed by atoms with Gasteiger partial charge in [-0.15, -0.1) is 0 Å². The highest BCUT2D eigenvalue weighted by Gasteiger charge is 2.39. The van der Waals surface area contributed by atoms with Crippen LogP contribution in [0.15, 0.2) is 4.99 Å². The van der Waals surface area contributed by atoms with Gasteiger partial charge in [-0.25, -0.2) is 0 Å². The molecule has 1 aliphatic carbocycles. The Balaban J connectivity index is 1.38. The molecule has 6 nitrogen and oxygen atoms in total. The molecule has 1 amide bonds. The van der Waals surface area contributed by atoms with Gasteiger partial charge in [0.05, 0.1) is 5.92 Å². The Morgan fingerprint density at radius 2 is 2.00 bits per heavy atom. The van der Waals surface area contributed by atoms with Crippen LogP contribution in [0.5, 0.6) is 0 Å². The van der Waals surface area contributed by atoms with Gasteiger partial charge in [0.2, 0.25) is 5.91 Å². The minimum atomic E-state index is -0.140. The first kappa shape index (κ1) is 19.5. The van der Waals surface area contributed by atoms with E-state index in [4.69, 9.17) is 5.73 Å². The Labute approximate surface area is 158 Å². The zero-order chi connectivity index (χ0) is 18.4. The van der Waals surface area contributed by atoms with Crippen LogP contribution in [0.4, 0.5) is 0 Å². The van der Waals surface area contributed by atoms with E-state index in [1.54, 1.807) is 0 Å². The summed E-state index contributed by atoms with van der Waals surface area (Å²) in [5.74, 6) is 0.973. The highest BCUT2D eigenvalue weighted by atomic mass is 16.1. The average molecular weight is 364 g/mol. The third kappa shape index (κ3) is 4.90. The normalized spacial score (nSPS) is 27.0. The van der Waals surface area contributed by atoms with Gasteiger partial charge >= 0.3 is 0 Å². The summed E-state index contributed by atoms with van der Waals surface area (Å²) >= 11 is 0. The van der Waals surface area contributed by atoms with E-state index in [-0.39, 0.29) is 11.8 Å². The van der Waals surface area contributed by atoms with E-state index in [0.717, 1.165) is 57.9 Å². The Hall–Kier alpha value is -1.30. The third-order valence-electron chi connectivity index (χ3n) is 6.71. The number of aliphatic imine (C=N–C) groups is 1. The molecule has 1 spiro atoms. The van der Waals surface area contributed by atoms with Crippen molar-refractivity contribution < 1.29 is 4.79 Å². The predicted molar refractivity (Wildman–Crippen MR) is 106 cm³/mol. The highest BCUT2D eigenvalue weighted by molar-refractivity contribution is 5.80. The summed E-state index contributed by atoms with van der Waals surface area (Å²) in [5.41, 5.74) is 6.03. The van der Waals surface area contributed by atoms with Gasteiger partial charge < -0.3 is 20.9 Å². The summed E-state index contributed by atoms with van der Waals surface area (Å²) in [4.78, 5) is 20.8. The van der Waals surface area contributed by atoms with E-state index in [1.807, 2.05) is 7.05 Å². The van der Waals surface area contributed by atoms with Crippen LogP contribution in [0.1, 0.15) is 57.8 Å². The Morgan fingerprint density at radius 1 is 1.19 bits per heavy atom. The van der Waals surface area contributed by atoms with E-state index in [9.17, 15) is 4.79 Å². The van der Waals surface area contributed by atoms with E-state index < -0.39 is 0 Å². The summed E-state index contributed by atoms with van der Waals surface area (Å²) in [5, 5.41) is 3.56. The smallest absolute Gasteiger partial charge is 0.221 e. The van der Waals surface area contributed by atoms with Crippen molar-refractivity contribution in [3.8, 4) is 0 Å². The number of nitrogens with two attached hydrogens (primary N) is 1. The summed E-state index contributed by atoms with van der Waals surface area (Å²) in [6.07, 6.45) is 11.5. The molecule has 2 heterocycles. The molecule has 0 radical (unpaired) electrons. The van der Waals surface area contributed by atoms with Crippen LogP contribution in [0.2, 0.25) is 0 Å². The molecule has 0 bridgehead atoms. The van der Waals surface area contributed by atoms with Crippen LogP contribution in [0, 0.1) is 11.3 Å². The van der Waals surface area contributed by atoms with Crippen molar-refractivity contribution in [3.63, 3.8) is 0 Å². The summed E-state index contributed by atoms with van der Waals surface area (Å²) in [7, 11) is 1.90. The number of carbonyl (C=O) groups is 1. The molecule has 1 atom stereocenters. The topological polar surface area (TPSA) is 74.0 Å². The van der Waals surface area contributed by atoms with Gasteiger partial charge in [0.25, 0.3) is 0 Å². The standard InChI is InChI=1S/C20H37N5O/c1-22-19(25-14-10-20(16-25)8-3-2-4-9-20)23-11-6-13-24-12-5-7-17(15-24)18(21)26/h17H,2-16H2,1H3,(H2,21,26)(H,22,23). The summed E-state index contributed by atoms with van der Waals surface area (Å²) in [6.45, 7) is 6.21. The lowest BCUT2D eigenvalue weighted by atomic mass is 9.73. The van der Waals surface area contributed by atoms with Crippen LogP contribution in [0.3, 0.4) is 0 Å². The number of carbonyl (C=O) groups excluding carboxylic acids is 1. The largest absolute Gasteiger partial charge is 0.369 e. The van der Waals surface area contributed by atoms with Gasteiger partial charge in [-0.2, -0.15) is 0 Å². The van der Waals surface area contributed by atoms with Gasteiger partial charge in [-0.1, -0.05) is 19.3 Å². The summed E-state index contributed by atoms with van der Waals surface area (Å²) in [6, 6.07) is 0. The molecule has 3 aliphatic rings. The number of hydrogen-bond acceptors (Lipinski definition) is 3. The zero-order valence-corrected chi connectivity index (χ0v) is 16.5. The maximum atomic E-state index is 11.4. The van der Waals surface area contributed by atoms with Crippen molar-refractivity contribution in [2.45, 2.75) is 57.8 Å².